The molecule has 0 saturated carbocycles. The zero-order valence-electron chi connectivity index (χ0n) is 12.7. The van der Waals surface area contributed by atoms with Gasteiger partial charge < -0.3 is 5.73 Å². The van der Waals surface area contributed by atoms with Crippen LogP contribution in [0, 0.1) is 5.41 Å². The zero-order chi connectivity index (χ0) is 13.8. The van der Waals surface area contributed by atoms with Crippen molar-refractivity contribution in [1.82, 2.24) is 9.78 Å². The van der Waals surface area contributed by atoms with Crippen LogP contribution in [0.15, 0.2) is 6.07 Å². The van der Waals surface area contributed by atoms with Crippen molar-refractivity contribution >= 4 is 0 Å². The molecule has 0 aliphatic carbocycles. The highest BCUT2D eigenvalue weighted by Gasteiger charge is 2.20. The molecule has 1 atom stereocenters. The van der Waals surface area contributed by atoms with Gasteiger partial charge in [-0.05, 0) is 44.1 Å². The maximum absolute atomic E-state index is 6.19. The van der Waals surface area contributed by atoms with E-state index in [1.165, 1.54) is 11.4 Å². The van der Waals surface area contributed by atoms with E-state index in [2.05, 4.69) is 50.5 Å². The minimum absolute atomic E-state index is 0.208. The lowest BCUT2D eigenvalue weighted by Gasteiger charge is -2.26. The number of hydrogen-bond donors (Lipinski definition) is 1. The first-order valence-corrected chi connectivity index (χ1v) is 7.19. The van der Waals surface area contributed by atoms with Crippen molar-refractivity contribution < 1.29 is 0 Å². The Morgan fingerprint density at radius 3 is 2.50 bits per heavy atom. The SMILES string of the molecule is CCc1cc(CCCC(N)C(C)(C)C)n(CC)n1. The molecule has 3 heteroatoms. The summed E-state index contributed by atoms with van der Waals surface area (Å²) in [5.74, 6) is 0. The van der Waals surface area contributed by atoms with Gasteiger partial charge in [-0.25, -0.2) is 0 Å². The van der Waals surface area contributed by atoms with E-state index in [0.717, 1.165) is 32.2 Å². The molecular formula is C15H29N3. The lowest BCUT2D eigenvalue weighted by molar-refractivity contribution is 0.300. The molecule has 1 aromatic rings. The van der Waals surface area contributed by atoms with E-state index in [1.807, 2.05) is 0 Å². The summed E-state index contributed by atoms with van der Waals surface area (Å²) < 4.78 is 2.13. The van der Waals surface area contributed by atoms with Gasteiger partial charge in [0.25, 0.3) is 0 Å². The molecule has 0 spiro atoms. The second-order valence-electron chi connectivity index (χ2n) is 6.16. The van der Waals surface area contributed by atoms with Crippen LogP contribution in [0.1, 0.15) is 58.8 Å². The summed E-state index contributed by atoms with van der Waals surface area (Å²) in [6.07, 6.45) is 4.33. The second-order valence-corrected chi connectivity index (χ2v) is 6.16. The van der Waals surface area contributed by atoms with E-state index in [1.54, 1.807) is 0 Å². The summed E-state index contributed by atoms with van der Waals surface area (Å²) in [4.78, 5) is 0. The molecule has 1 rings (SSSR count). The lowest BCUT2D eigenvalue weighted by atomic mass is 9.84. The van der Waals surface area contributed by atoms with Crippen molar-refractivity contribution in [1.29, 1.82) is 0 Å². The number of aromatic nitrogens is 2. The van der Waals surface area contributed by atoms with Gasteiger partial charge in [-0.1, -0.05) is 27.7 Å². The van der Waals surface area contributed by atoms with Gasteiger partial charge in [0.2, 0.25) is 0 Å². The van der Waals surface area contributed by atoms with Crippen molar-refractivity contribution in [2.24, 2.45) is 11.1 Å². The quantitative estimate of drug-likeness (QED) is 0.844. The zero-order valence-corrected chi connectivity index (χ0v) is 12.7. The molecule has 0 saturated heterocycles. The average Bonchev–Trinajstić information content (AvgIpc) is 2.70. The van der Waals surface area contributed by atoms with Gasteiger partial charge in [-0.15, -0.1) is 0 Å². The third-order valence-corrected chi connectivity index (χ3v) is 3.64. The molecule has 0 fully saturated rings. The summed E-state index contributed by atoms with van der Waals surface area (Å²) in [5.41, 5.74) is 8.96. The van der Waals surface area contributed by atoms with Crippen molar-refractivity contribution in [2.45, 2.75) is 72.9 Å². The standard InChI is InChI=1S/C15H29N3/c1-6-12-11-13(18(7-2)17-12)9-8-10-14(16)15(3,4)5/h11,14H,6-10,16H2,1-5H3. The van der Waals surface area contributed by atoms with Gasteiger partial charge in [0.15, 0.2) is 0 Å². The number of hydrogen-bond acceptors (Lipinski definition) is 2. The minimum atomic E-state index is 0.208. The number of aryl methyl sites for hydroxylation is 3. The summed E-state index contributed by atoms with van der Waals surface area (Å²) in [6.45, 7) is 11.9. The Bertz CT molecular complexity index is 360. The Morgan fingerprint density at radius 1 is 1.33 bits per heavy atom. The molecule has 1 aromatic heterocycles. The van der Waals surface area contributed by atoms with Crippen LogP contribution < -0.4 is 5.73 Å². The molecule has 0 aromatic carbocycles. The predicted molar refractivity (Wildman–Crippen MR) is 77.6 cm³/mol. The Labute approximate surface area is 112 Å². The van der Waals surface area contributed by atoms with Gasteiger partial charge in [0.05, 0.1) is 5.69 Å². The van der Waals surface area contributed by atoms with Crippen LogP contribution in [0.5, 0.6) is 0 Å². The molecule has 1 unspecified atom stereocenters. The van der Waals surface area contributed by atoms with E-state index in [4.69, 9.17) is 5.73 Å². The molecule has 1 heterocycles. The topological polar surface area (TPSA) is 43.8 Å². The molecule has 0 aliphatic rings. The highest BCUT2D eigenvalue weighted by molar-refractivity contribution is 5.10. The molecule has 0 aliphatic heterocycles. The molecule has 0 radical (unpaired) electrons. The van der Waals surface area contributed by atoms with Crippen LogP contribution in [0.4, 0.5) is 0 Å². The third kappa shape index (κ3) is 4.13. The Morgan fingerprint density at radius 2 is 2.00 bits per heavy atom. The number of nitrogens with zero attached hydrogens (tertiary/aromatic N) is 2. The van der Waals surface area contributed by atoms with E-state index in [9.17, 15) is 0 Å². The van der Waals surface area contributed by atoms with Crippen LogP contribution in [0.3, 0.4) is 0 Å². The summed E-state index contributed by atoms with van der Waals surface area (Å²) in [6, 6.07) is 2.52. The van der Waals surface area contributed by atoms with Crippen LogP contribution in [0.25, 0.3) is 0 Å². The highest BCUT2D eigenvalue weighted by atomic mass is 15.3. The van der Waals surface area contributed by atoms with Crippen molar-refractivity contribution in [3.05, 3.63) is 17.5 Å². The van der Waals surface area contributed by atoms with Gasteiger partial charge >= 0.3 is 0 Å². The molecule has 0 amide bonds. The van der Waals surface area contributed by atoms with Crippen molar-refractivity contribution in [2.75, 3.05) is 0 Å². The lowest BCUT2D eigenvalue weighted by Crippen LogP contribution is -2.34. The van der Waals surface area contributed by atoms with E-state index in [0.29, 0.717) is 0 Å². The molecule has 18 heavy (non-hydrogen) atoms. The van der Waals surface area contributed by atoms with Crippen LogP contribution in [0.2, 0.25) is 0 Å². The normalized spacial score (nSPS) is 13.9. The third-order valence-electron chi connectivity index (χ3n) is 3.64. The fourth-order valence-electron chi connectivity index (χ4n) is 2.10. The van der Waals surface area contributed by atoms with Crippen LogP contribution in [-0.2, 0) is 19.4 Å². The minimum Gasteiger partial charge on any atom is -0.327 e. The first kappa shape index (κ1) is 15.2. The Balaban J connectivity index is 2.51. The molecule has 2 N–H and O–H groups in total. The molecule has 3 nitrogen and oxygen atoms in total. The summed E-state index contributed by atoms with van der Waals surface area (Å²) in [7, 11) is 0. The summed E-state index contributed by atoms with van der Waals surface area (Å²) in [5, 5.41) is 4.58. The van der Waals surface area contributed by atoms with Gasteiger partial charge in [-0.2, -0.15) is 5.10 Å². The molecule has 0 bridgehead atoms. The summed E-state index contributed by atoms with van der Waals surface area (Å²) >= 11 is 0. The van der Waals surface area contributed by atoms with E-state index < -0.39 is 0 Å². The van der Waals surface area contributed by atoms with Crippen LogP contribution in [-0.4, -0.2) is 15.8 Å². The van der Waals surface area contributed by atoms with E-state index >= 15 is 0 Å². The maximum atomic E-state index is 6.19. The smallest absolute Gasteiger partial charge is 0.0624 e. The Hall–Kier alpha value is -0.830. The van der Waals surface area contributed by atoms with Crippen molar-refractivity contribution in [3.8, 4) is 0 Å². The number of rotatable bonds is 6. The first-order valence-electron chi connectivity index (χ1n) is 7.19. The second kappa shape index (κ2) is 6.37. The molecular weight excluding hydrogens is 222 g/mol. The average molecular weight is 251 g/mol. The maximum Gasteiger partial charge on any atom is 0.0624 e. The Kier molecular flexibility index (Phi) is 5.39. The first-order chi connectivity index (χ1) is 8.38. The number of nitrogens with two attached hydrogens (primary N) is 1. The van der Waals surface area contributed by atoms with Crippen LogP contribution >= 0.6 is 0 Å². The predicted octanol–water partition coefficient (Wildman–Crippen LogP) is 3.16. The van der Waals surface area contributed by atoms with Gasteiger partial charge in [-0.3, -0.25) is 4.68 Å². The monoisotopic (exact) mass is 251 g/mol. The van der Waals surface area contributed by atoms with Gasteiger partial charge in [0.1, 0.15) is 0 Å². The fourth-order valence-corrected chi connectivity index (χ4v) is 2.10. The van der Waals surface area contributed by atoms with Crippen molar-refractivity contribution in [3.63, 3.8) is 0 Å². The molecule has 104 valence electrons. The largest absolute Gasteiger partial charge is 0.327 e. The highest BCUT2D eigenvalue weighted by Crippen LogP contribution is 2.21. The van der Waals surface area contributed by atoms with E-state index in [-0.39, 0.29) is 11.5 Å². The fraction of sp³-hybridized carbons (Fsp3) is 0.800. The van der Waals surface area contributed by atoms with Gasteiger partial charge in [0, 0.05) is 18.3 Å².